The van der Waals surface area contributed by atoms with E-state index in [0.29, 0.717) is 12.3 Å². The Bertz CT molecular complexity index is 510. The molecular weight excluding hydrogens is 278 g/mol. The van der Waals surface area contributed by atoms with Gasteiger partial charge in [0, 0.05) is 6.04 Å². The lowest BCUT2D eigenvalue weighted by molar-refractivity contribution is -0.137. The molecule has 21 heavy (non-hydrogen) atoms. The summed E-state index contributed by atoms with van der Waals surface area (Å²) in [5.74, 6) is -1.00. The monoisotopic (exact) mass is 295 g/mol. The van der Waals surface area contributed by atoms with Gasteiger partial charge in [-0.25, -0.2) is 4.79 Å². The highest BCUT2D eigenvalue weighted by Gasteiger charge is 2.33. The second-order valence-electron chi connectivity index (χ2n) is 4.77. The van der Waals surface area contributed by atoms with Crippen molar-refractivity contribution in [3.8, 4) is 0 Å². The number of hydrogen-bond acceptors (Lipinski definition) is 4. The van der Waals surface area contributed by atoms with Crippen LogP contribution in [0.2, 0.25) is 0 Å². The van der Waals surface area contributed by atoms with Crippen molar-refractivity contribution >= 4 is 17.9 Å². The quantitative estimate of drug-likeness (QED) is 0.663. The summed E-state index contributed by atoms with van der Waals surface area (Å²) in [5, 5.41) is 13.1. The van der Waals surface area contributed by atoms with Crippen LogP contribution in [0.4, 0.5) is 4.79 Å². The number of hydrogen-bond donors (Lipinski definition) is 3. The first-order valence-corrected chi connectivity index (χ1v) is 6.61. The zero-order chi connectivity index (χ0) is 15.2. The zero-order valence-electron chi connectivity index (χ0n) is 11.4. The molecule has 0 atom stereocenters. The fourth-order valence-electron chi connectivity index (χ4n) is 1.82. The van der Waals surface area contributed by atoms with E-state index >= 15 is 0 Å². The predicted molar refractivity (Wildman–Crippen MR) is 71.3 cm³/mol. The average Bonchev–Trinajstić information content (AvgIpc) is 3.16. The molecule has 0 spiro atoms. The highest BCUT2D eigenvalue weighted by Crippen LogP contribution is 2.28. The summed E-state index contributed by atoms with van der Waals surface area (Å²) >= 11 is 0. The van der Waals surface area contributed by atoms with Crippen molar-refractivity contribution < 1.29 is 23.9 Å². The van der Waals surface area contributed by atoms with E-state index in [1.165, 1.54) is 6.26 Å². The Morgan fingerprint density at radius 1 is 1.29 bits per heavy atom. The molecule has 1 fully saturated rings. The van der Waals surface area contributed by atoms with E-state index in [-0.39, 0.29) is 18.6 Å². The van der Waals surface area contributed by atoms with Gasteiger partial charge in [-0.2, -0.15) is 0 Å². The van der Waals surface area contributed by atoms with E-state index in [1.54, 1.807) is 17.0 Å². The second kappa shape index (κ2) is 6.78. The molecule has 1 aromatic heterocycles. The predicted octanol–water partition coefficient (Wildman–Crippen LogP) is 0.154. The third-order valence-corrected chi connectivity index (χ3v) is 2.99. The number of nitrogens with zero attached hydrogens (tertiary/aromatic N) is 1. The van der Waals surface area contributed by atoms with Crippen molar-refractivity contribution in [1.29, 1.82) is 0 Å². The maximum atomic E-state index is 12.1. The number of carbonyl (C=O) groups excluding carboxylic acids is 2. The van der Waals surface area contributed by atoms with Crippen LogP contribution < -0.4 is 10.6 Å². The number of furan rings is 1. The number of urea groups is 1. The van der Waals surface area contributed by atoms with Crippen LogP contribution in [0.15, 0.2) is 22.8 Å². The fourth-order valence-corrected chi connectivity index (χ4v) is 1.82. The van der Waals surface area contributed by atoms with Gasteiger partial charge < -0.3 is 25.1 Å². The molecule has 2 rings (SSSR count). The van der Waals surface area contributed by atoms with Gasteiger partial charge in [0.25, 0.3) is 0 Å². The van der Waals surface area contributed by atoms with Gasteiger partial charge in [0.2, 0.25) is 5.91 Å². The molecule has 0 aliphatic heterocycles. The van der Waals surface area contributed by atoms with Crippen LogP contribution in [-0.2, 0) is 16.1 Å². The largest absolute Gasteiger partial charge is 0.480 e. The van der Waals surface area contributed by atoms with Crippen LogP contribution in [-0.4, -0.2) is 47.0 Å². The maximum Gasteiger partial charge on any atom is 0.322 e. The average molecular weight is 295 g/mol. The Hall–Kier alpha value is -2.51. The third-order valence-electron chi connectivity index (χ3n) is 2.99. The molecule has 1 aromatic rings. The van der Waals surface area contributed by atoms with Crippen molar-refractivity contribution in [3.63, 3.8) is 0 Å². The summed E-state index contributed by atoms with van der Waals surface area (Å²) in [5.41, 5.74) is 0. The second-order valence-corrected chi connectivity index (χ2v) is 4.77. The Morgan fingerprint density at radius 2 is 2.05 bits per heavy atom. The minimum absolute atomic E-state index is 0.164. The lowest BCUT2D eigenvalue weighted by Gasteiger charge is -2.21. The van der Waals surface area contributed by atoms with Crippen LogP contribution in [0.1, 0.15) is 18.6 Å². The summed E-state index contributed by atoms with van der Waals surface area (Å²) < 4.78 is 5.22. The summed E-state index contributed by atoms with van der Waals surface area (Å²) in [7, 11) is 0. The molecule has 1 saturated carbocycles. The fraction of sp³-hybridized carbons (Fsp3) is 0.462. The minimum Gasteiger partial charge on any atom is -0.480 e. The van der Waals surface area contributed by atoms with Gasteiger partial charge in [0.1, 0.15) is 12.3 Å². The number of carboxylic acids is 1. The number of aliphatic carboxylic acids is 1. The van der Waals surface area contributed by atoms with E-state index in [4.69, 9.17) is 9.52 Å². The maximum absolute atomic E-state index is 12.1. The van der Waals surface area contributed by atoms with Crippen molar-refractivity contribution in [2.24, 2.45) is 0 Å². The smallest absolute Gasteiger partial charge is 0.322 e. The molecule has 0 bridgehead atoms. The summed E-state index contributed by atoms with van der Waals surface area (Å²) in [6.45, 7) is -0.374. The Balaban J connectivity index is 1.79. The standard InChI is InChI=1S/C13H17N3O5/c17-11(14-7-12(18)19)6-15-13(20)16(9-3-4-9)8-10-2-1-5-21-10/h1-2,5,9H,3-4,6-8H2,(H,14,17)(H,15,20)(H,18,19). The van der Waals surface area contributed by atoms with E-state index in [9.17, 15) is 14.4 Å². The van der Waals surface area contributed by atoms with E-state index in [2.05, 4.69) is 10.6 Å². The van der Waals surface area contributed by atoms with Gasteiger partial charge in [0.15, 0.2) is 0 Å². The molecule has 3 amide bonds. The van der Waals surface area contributed by atoms with Crippen LogP contribution >= 0.6 is 0 Å². The number of amides is 3. The normalized spacial score (nSPS) is 13.5. The molecule has 0 aromatic carbocycles. The Labute approximate surface area is 121 Å². The van der Waals surface area contributed by atoms with Crippen LogP contribution in [0.3, 0.4) is 0 Å². The van der Waals surface area contributed by atoms with Crippen molar-refractivity contribution in [3.05, 3.63) is 24.2 Å². The molecule has 114 valence electrons. The van der Waals surface area contributed by atoms with Gasteiger partial charge in [-0.3, -0.25) is 9.59 Å². The summed E-state index contributed by atoms with van der Waals surface area (Å²) in [4.78, 5) is 35.3. The van der Waals surface area contributed by atoms with Crippen molar-refractivity contribution in [1.82, 2.24) is 15.5 Å². The van der Waals surface area contributed by atoms with Gasteiger partial charge in [-0.05, 0) is 25.0 Å². The molecule has 0 radical (unpaired) electrons. The molecule has 1 aliphatic carbocycles. The third kappa shape index (κ3) is 4.83. The SMILES string of the molecule is O=C(O)CNC(=O)CNC(=O)N(Cc1ccco1)C1CC1. The van der Waals surface area contributed by atoms with E-state index in [0.717, 1.165) is 12.8 Å². The minimum atomic E-state index is -1.13. The molecule has 0 unspecified atom stereocenters. The van der Waals surface area contributed by atoms with E-state index in [1.807, 2.05) is 0 Å². The molecular formula is C13H17N3O5. The highest BCUT2D eigenvalue weighted by molar-refractivity contribution is 5.86. The number of carboxylic acid groups (broad SMARTS) is 1. The van der Waals surface area contributed by atoms with Crippen molar-refractivity contribution in [2.75, 3.05) is 13.1 Å². The van der Waals surface area contributed by atoms with Crippen molar-refractivity contribution in [2.45, 2.75) is 25.4 Å². The lowest BCUT2D eigenvalue weighted by Crippen LogP contribution is -2.45. The number of rotatable bonds is 7. The molecule has 3 N–H and O–H groups in total. The number of nitrogens with one attached hydrogen (secondary N) is 2. The van der Waals surface area contributed by atoms with Crippen LogP contribution in [0, 0.1) is 0 Å². The molecule has 8 nitrogen and oxygen atoms in total. The zero-order valence-corrected chi connectivity index (χ0v) is 11.4. The van der Waals surface area contributed by atoms with Crippen LogP contribution in [0.5, 0.6) is 0 Å². The lowest BCUT2D eigenvalue weighted by atomic mass is 10.4. The Kier molecular flexibility index (Phi) is 4.81. The molecule has 1 heterocycles. The van der Waals surface area contributed by atoms with Gasteiger partial charge in [-0.1, -0.05) is 0 Å². The van der Waals surface area contributed by atoms with Gasteiger partial charge in [0.05, 0.1) is 19.4 Å². The first-order valence-electron chi connectivity index (χ1n) is 6.61. The summed E-state index contributed by atoms with van der Waals surface area (Å²) in [6, 6.07) is 3.33. The molecule has 1 aliphatic rings. The topological polar surface area (TPSA) is 112 Å². The highest BCUT2D eigenvalue weighted by atomic mass is 16.4. The molecule has 0 saturated heterocycles. The Morgan fingerprint density at radius 3 is 2.62 bits per heavy atom. The molecule has 8 heteroatoms. The van der Waals surface area contributed by atoms with Crippen LogP contribution in [0.25, 0.3) is 0 Å². The van der Waals surface area contributed by atoms with E-state index < -0.39 is 18.4 Å². The number of carbonyl (C=O) groups is 3. The van der Waals surface area contributed by atoms with Gasteiger partial charge in [-0.15, -0.1) is 0 Å². The van der Waals surface area contributed by atoms with Gasteiger partial charge >= 0.3 is 12.0 Å². The first kappa shape index (κ1) is 14.9. The first-order chi connectivity index (χ1) is 10.1. The summed E-state index contributed by atoms with van der Waals surface area (Å²) in [6.07, 6.45) is 3.40.